The molecule has 0 saturated carbocycles. The van der Waals surface area contributed by atoms with Crippen molar-refractivity contribution in [2.45, 2.75) is 0 Å². The average Bonchev–Trinajstić information content (AvgIpc) is 2.94. The number of aromatic nitrogens is 1. The number of H-pyrrole nitrogens is 1. The van der Waals surface area contributed by atoms with Crippen LogP contribution in [0.2, 0.25) is 5.22 Å². The molecule has 0 saturated heterocycles. The molecule has 0 fully saturated rings. The van der Waals surface area contributed by atoms with Gasteiger partial charge < -0.3 is 9.40 Å². The third-order valence-corrected chi connectivity index (χ3v) is 3.38. The van der Waals surface area contributed by atoms with Crippen molar-refractivity contribution >= 4 is 44.2 Å². The van der Waals surface area contributed by atoms with E-state index in [4.69, 9.17) is 16.0 Å². The molecule has 0 bridgehead atoms. The van der Waals surface area contributed by atoms with E-state index in [1.807, 2.05) is 18.2 Å². The van der Waals surface area contributed by atoms with Crippen LogP contribution in [0.15, 0.2) is 45.4 Å². The van der Waals surface area contributed by atoms with Gasteiger partial charge >= 0.3 is 0 Å². The Balaban J connectivity index is 2.14. The zero-order valence-electron chi connectivity index (χ0n) is 9.04. The summed E-state index contributed by atoms with van der Waals surface area (Å²) < 4.78 is 6.06. The van der Waals surface area contributed by atoms with Crippen LogP contribution >= 0.6 is 27.5 Å². The minimum atomic E-state index is -0.189. The maximum absolute atomic E-state index is 12.3. The van der Waals surface area contributed by atoms with Crippen molar-refractivity contribution in [2.75, 3.05) is 0 Å². The topological polar surface area (TPSA) is 46.0 Å². The molecule has 2 aromatic heterocycles. The van der Waals surface area contributed by atoms with Crippen LogP contribution < -0.4 is 0 Å². The highest BCUT2D eigenvalue weighted by atomic mass is 79.9. The second kappa shape index (κ2) is 4.30. The first kappa shape index (κ1) is 11.6. The van der Waals surface area contributed by atoms with E-state index in [1.54, 1.807) is 18.3 Å². The number of rotatable bonds is 2. The van der Waals surface area contributed by atoms with Crippen LogP contribution in [0.25, 0.3) is 10.9 Å². The Morgan fingerprint density at radius 2 is 2.11 bits per heavy atom. The molecular weight excluding hydrogens is 318 g/mol. The quantitative estimate of drug-likeness (QED) is 0.710. The molecular formula is C13H7BrClNO2. The van der Waals surface area contributed by atoms with Gasteiger partial charge in [0.25, 0.3) is 0 Å². The smallest absolute Gasteiger partial charge is 0.230 e. The molecule has 1 aromatic carbocycles. The number of benzene rings is 1. The van der Waals surface area contributed by atoms with Crippen LogP contribution in [-0.2, 0) is 0 Å². The molecule has 0 aliphatic carbocycles. The molecule has 0 aliphatic heterocycles. The zero-order chi connectivity index (χ0) is 12.7. The Labute approximate surface area is 116 Å². The molecule has 0 spiro atoms. The molecule has 0 atom stereocenters. The van der Waals surface area contributed by atoms with E-state index in [0.717, 1.165) is 15.4 Å². The first-order valence-corrected chi connectivity index (χ1v) is 6.39. The van der Waals surface area contributed by atoms with Crippen molar-refractivity contribution in [1.29, 1.82) is 0 Å². The lowest BCUT2D eigenvalue weighted by Crippen LogP contribution is -1.97. The van der Waals surface area contributed by atoms with Gasteiger partial charge in [0.2, 0.25) is 5.78 Å². The van der Waals surface area contributed by atoms with Gasteiger partial charge in [-0.3, -0.25) is 4.79 Å². The average molecular weight is 325 g/mol. The van der Waals surface area contributed by atoms with Crippen molar-refractivity contribution in [2.24, 2.45) is 0 Å². The maximum Gasteiger partial charge on any atom is 0.230 e. The monoisotopic (exact) mass is 323 g/mol. The molecule has 2 heterocycles. The Kier molecular flexibility index (Phi) is 2.76. The highest BCUT2D eigenvalue weighted by Gasteiger charge is 2.17. The van der Waals surface area contributed by atoms with Crippen molar-refractivity contribution in [3.8, 4) is 0 Å². The highest BCUT2D eigenvalue weighted by molar-refractivity contribution is 9.10. The van der Waals surface area contributed by atoms with Gasteiger partial charge in [0, 0.05) is 21.6 Å². The molecule has 3 aromatic rings. The van der Waals surface area contributed by atoms with Crippen LogP contribution in [-0.4, -0.2) is 10.8 Å². The highest BCUT2D eigenvalue weighted by Crippen LogP contribution is 2.25. The Morgan fingerprint density at radius 1 is 1.28 bits per heavy atom. The number of fused-ring (bicyclic) bond motifs is 1. The van der Waals surface area contributed by atoms with Gasteiger partial charge in [-0.2, -0.15) is 0 Å². The third-order valence-electron chi connectivity index (χ3n) is 2.69. The number of carbonyl (C=O) groups excluding carboxylic acids is 1. The van der Waals surface area contributed by atoms with Crippen molar-refractivity contribution < 1.29 is 9.21 Å². The number of carbonyl (C=O) groups is 1. The van der Waals surface area contributed by atoms with Gasteiger partial charge in [-0.15, -0.1) is 0 Å². The largest absolute Gasteiger partial charge is 0.441 e. The van der Waals surface area contributed by atoms with Crippen LogP contribution in [0.4, 0.5) is 0 Å². The summed E-state index contributed by atoms with van der Waals surface area (Å²) in [5.41, 5.74) is 1.47. The number of nitrogens with one attached hydrogen (secondary N) is 1. The standard InChI is InChI=1S/C13H7BrClNO2/c14-7-1-2-10-8(5-7)9(6-16-10)13(17)11-3-4-12(15)18-11/h1-6,16H. The SMILES string of the molecule is O=C(c1ccc(Cl)o1)c1c[nH]c2ccc(Br)cc12. The fourth-order valence-corrected chi connectivity index (χ4v) is 2.36. The molecule has 3 rings (SSSR count). The van der Waals surface area contributed by atoms with E-state index in [0.29, 0.717) is 5.56 Å². The lowest BCUT2D eigenvalue weighted by Gasteiger charge is -1.96. The van der Waals surface area contributed by atoms with Gasteiger partial charge in [0.1, 0.15) is 0 Å². The number of hydrogen-bond donors (Lipinski definition) is 1. The molecule has 3 nitrogen and oxygen atoms in total. The maximum atomic E-state index is 12.3. The van der Waals surface area contributed by atoms with Gasteiger partial charge in [0.05, 0.1) is 5.56 Å². The van der Waals surface area contributed by atoms with Crippen molar-refractivity contribution in [3.05, 3.63) is 57.5 Å². The first-order chi connectivity index (χ1) is 8.65. The Bertz CT molecular complexity index is 744. The van der Waals surface area contributed by atoms with Crippen molar-refractivity contribution in [1.82, 2.24) is 4.98 Å². The van der Waals surface area contributed by atoms with Crippen LogP contribution in [0.5, 0.6) is 0 Å². The van der Waals surface area contributed by atoms with Crippen LogP contribution in [0.1, 0.15) is 16.1 Å². The predicted octanol–water partition coefficient (Wildman–Crippen LogP) is 4.41. The van der Waals surface area contributed by atoms with E-state index < -0.39 is 0 Å². The third kappa shape index (κ3) is 1.87. The molecule has 0 radical (unpaired) electrons. The van der Waals surface area contributed by atoms with Crippen LogP contribution in [0, 0.1) is 0 Å². The van der Waals surface area contributed by atoms with Crippen molar-refractivity contribution in [3.63, 3.8) is 0 Å². The first-order valence-electron chi connectivity index (χ1n) is 5.22. The minimum Gasteiger partial charge on any atom is -0.441 e. The number of hydrogen-bond acceptors (Lipinski definition) is 2. The second-order valence-corrected chi connectivity index (χ2v) is 5.11. The van der Waals surface area contributed by atoms with Gasteiger partial charge in [-0.05, 0) is 41.9 Å². The fourth-order valence-electron chi connectivity index (χ4n) is 1.85. The minimum absolute atomic E-state index is 0.189. The number of halogens is 2. The molecule has 0 unspecified atom stereocenters. The molecule has 5 heteroatoms. The zero-order valence-corrected chi connectivity index (χ0v) is 11.4. The fraction of sp³-hybridized carbons (Fsp3) is 0. The lowest BCUT2D eigenvalue weighted by molar-refractivity contribution is 0.101. The van der Waals surface area contributed by atoms with E-state index in [1.165, 1.54) is 0 Å². The van der Waals surface area contributed by atoms with E-state index in [-0.39, 0.29) is 16.8 Å². The summed E-state index contributed by atoms with van der Waals surface area (Å²) in [4.78, 5) is 15.3. The summed E-state index contributed by atoms with van der Waals surface area (Å²) in [5, 5.41) is 1.06. The van der Waals surface area contributed by atoms with E-state index in [9.17, 15) is 4.79 Å². The normalized spacial score (nSPS) is 11.0. The molecule has 0 aliphatic rings. The number of furan rings is 1. The summed E-state index contributed by atoms with van der Waals surface area (Å²) in [6.07, 6.45) is 1.68. The van der Waals surface area contributed by atoms with E-state index >= 15 is 0 Å². The number of ketones is 1. The summed E-state index contributed by atoms with van der Waals surface area (Å²) in [6, 6.07) is 8.84. The Morgan fingerprint density at radius 3 is 2.83 bits per heavy atom. The van der Waals surface area contributed by atoms with Gasteiger partial charge in [-0.1, -0.05) is 15.9 Å². The number of aromatic amines is 1. The second-order valence-electron chi connectivity index (χ2n) is 3.83. The Hall–Kier alpha value is -1.52. The van der Waals surface area contributed by atoms with Gasteiger partial charge in [0.15, 0.2) is 11.0 Å². The van der Waals surface area contributed by atoms with E-state index in [2.05, 4.69) is 20.9 Å². The summed E-state index contributed by atoms with van der Waals surface area (Å²) >= 11 is 9.07. The van der Waals surface area contributed by atoms with Gasteiger partial charge in [-0.25, -0.2) is 0 Å². The summed E-state index contributed by atoms with van der Waals surface area (Å²) in [5.74, 6) is 0.0483. The van der Waals surface area contributed by atoms with Crippen LogP contribution in [0.3, 0.4) is 0 Å². The molecule has 1 N–H and O–H groups in total. The predicted molar refractivity (Wildman–Crippen MR) is 73.1 cm³/mol. The molecule has 0 amide bonds. The summed E-state index contributed by atoms with van der Waals surface area (Å²) in [6.45, 7) is 0. The molecule has 90 valence electrons. The lowest BCUT2D eigenvalue weighted by atomic mass is 10.1. The summed E-state index contributed by atoms with van der Waals surface area (Å²) in [7, 11) is 0. The molecule has 18 heavy (non-hydrogen) atoms.